The Labute approximate surface area is 114 Å². The number of halogens is 4. The van der Waals surface area contributed by atoms with E-state index >= 15 is 0 Å². The van der Waals surface area contributed by atoms with Crippen molar-refractivity contribution in [1.29, 1.82) is 0 Å². The maximum atomic E-state index is 12.5. The van der Waals surface area contributed by atoms with Crippen molar-refractivity contribution in [3.05, 3.63) is 16.1 Å². The largest absolute Gasteiger partial charge is 0.395 e. The minimum absolute atomic E-state index is 0.0157. The molecule has 8 heteroatoms. The first-order chi connectivity index (χ1) is 8.49. The maximum absolute atomic E-state index is 12.5. The molecule has 0 bridgehead atoms. The van der Waals surface area contributed by atoms with Gasteiger partial charge in [-0.05, 0) is 6.07 Å². The third-order valence-electron chi connectivity index (χ3n) is 2.18. The third-order valence-corrected chi connectivity index (χ3v) is 2.74. The van der Waals surface area contributed by atoms with Gasteiger partial charge in [0.2, 0.25) is 0 Å². The van der Waals surface area contributed by atoms with E-state index in [1.165, 1.54) is 11.0 Å². The van der Waals surface area contributed by atoms with Crippen molar-refractivity contribution in [3.63, 3.8) is 0 Å². The first-order valence-electron chi connectivity index (χ1n) is 5.17. The summed E-state index contributed by atoms with van der Waals surface area (Å²) in [6, 6.07) is 1.42. The summed E-state index contributed by atoms with van der Waals surface area (Å²) < 4.78 is 24.9. The van der Waals surface area contributed by atoms with Gasteiger partial charge in [-0.15, -0.1) is 0 Å². The maximum Gasteiger partial charge on any atom is 0.255 e. The zero-order valence-electron chi connectivity index (χ0n) is 9.63. The van der Waals surface area contributed by atoms with Gasteiger partial charge < -0.3 is 15.3 Å². The molecule has 0 saturated heterocycles. The summed E-state index contributed by atoms with van der Waals surface area (Å²) in [5.41, 5.74) is 0. The molecule has 0 aromatic carbocycles. The Morgan fingerprint density at radius 2 is 2.11 bits per heavy atom. The molecule has 1 aromatic rings. The number of nitrogens with zero attached hydrogens (tertiary/aromatic N) is 2. The molecule has 0 aliphatic heterocycles. The summed E-state index contributed by atoms with van der Waals surface area (Å²) in [4.78, 5) is 5.28. The average molecular weight is 300 g/mol. The van der Waals surface area contributed by atoms with E-state index in [1.54, 1.807) is 7.05 Å². The Bertz CT molecular complexity index is 407. The van der Waals surface area contributed by atoms with Gasteiger partial charge >= 0.3 is 0 Å². The topological polar surface area (TPSA) is 48.4 Å². The fourth-order valence-electron chi connectivity index (χ4n) is 1.42. The zero-order chi connectivity index (χ0) is 13.7. The highest BCUT2D eigenvalue weighted by atomic mass is 35.5. The molecule has 18 heavy (non-hydrogen) atoms. The molecule has 102 valence electrons. The van der Waals surface area contributed by atoms with Crippen LogP contribution in [0.25, 0.3) is 0 Å². The molecule has 0 radical (unpaired) electrons. The van der Waals surface area contributed by atoms with Crippen LogP contribution in [0.15, 0.2) is 6.07 Å². The lowest BCUT2D eigenvalue weighted by molar-refractivity contribution is 0.152. The number of aromatic nitrogens is 1. The van der Waals surface area contributed by atoms with Crippen LogP contribution in [0.1, 0.15) is 0 Å². The Kier molecular flexibility index (Phi) is 5.84. The Balaban J connectivity index is 3.10. The first-order valence-corrected chi connectivity index (χ1v) is 5.93. The highest BCUT2D eigenvalue weighted by Gasteiger charge is 2.18. The van der Waals surface area contributed by atoms with Crippen molar-refractivity contribution in [3.8, 4) is 0 Å². The number of alkyl halides is 2. The van der Waals surface area contributed by atoms with Gasteiger partial charge in [-0.3, -0.25) is 0 Å². The monoisotopic (exact) mass is 299 g/mol. The van der Waals surface area contributed by atoms with Crippen LogP contribution >= 0.6 is 23.2 Å². The van der Waals surface area contributed by atoms with Crippen LogP contribution in [0.3, 0.4) is 0 Å². The van der Waals surface area contributed by atoms with Crippen LogP contribution in [0.2, 0.25) is 10.0 Å². The number of pyridine rings is 1. The molecule has 1 rings (SSSR count). The molecule has 0 atom stereocenters. The molecule has 1 heterocycles. The number of aliphatic hydroxyl groups excluding tert-OH is 1. The normalized spacial score (nSPS) is 10.8. The molecular weight excluding hydrogens is 287 g/mol. The van der Waals surface area contributed by atoms with Crippen LogP contribution in [0.5, 0.6) is 0 Å². The smallest absolute Gasteiger partial charge is 0.255 e. The van der Waals surface area contributed by atoms with Gasteiger partial charge in [-0.2, -0.15) is 0 Å². The van der Waals surface area contributed by atoms with E-state index in [9.17, 15) is 8.78 Å². The lowest BCUT2D eigenvalue weighted by Crippen LogP contribution is -2.32. The second-order valence-electron chi connectivity index (χ2n) is 3.43. The first kappa shape index (κ1) is 15.2. The second-order valence-corrected chi connectivity index (χ2v) is 4.25. The molecule has 4 nitrogen and oxygen atoms in total. The van der Waals surface area contributed by atoms with Gasteiger partial charge in [0, 0.05) is 13.6 Å². The van der Waals surface area contributed by atoms with Gasteiger partial charge in [0.25, 0.3) is 6.43 Å². The van der Waals surface area contributed by atoms with Crippen LogP contribution in [-0.4, -0.2) is 43.3 Å². The van der Waals surface area contributed by atoms with Crippen molar-refractivity contribution in [1.82, 2.24) is 4.98 Å². The van der Waals surface area contributed by atoms with E-state index in [1.807, 2.05) is 0 Å². The number of anilines is 2. The van der Waals surface area contributed by atoms with Gasteiger partial charge in [0.15, 0.2) is 0 Å². The number of hydrogen-bond acceptors (Lipinski definition) is 4. The molecule has 0 spiro atoms. The van der Waals surface area contributed by atoms with Crippen molar-refractivity contribution in [2.24, 2.45) is 0 Å². The standard InChI is InChI=1S/C10H13Cl2F2N3O/c1-15-9-6(11)4-7(12)10(16-9)17(2-3-18)5-8(13)14/h4,8,18H,2-3,5H2,1H3,(H,15,16). The average Bonchev–Trinajstić information content (AvgIpc) is 2.28. The molecule has 0 amide bonds. The van der Waals surface area contributed by atoms with E-state index in [0.717, 1.165) is 0 Å². The van der Waals surface area contributed by atoms with E-state index in [0.29, 0.717) is 10.8 Å². The molecule has 0 saturated carbocycles. The SMILES string of the molecule is CNc1nc(N(CCO)CC(F)F)c(Cl)cc1Cl. The second kappa shape index (κ2) is 6.92. The lowest BCUT2D eigenvalue weighted by Gasteiger charge is -2.24. The van der Waals surface area contributed by atoms with Crippen LogP contribution in [0, 0.1) is 0 Å². The number of aliphatic hydroxyl groups is 1. The molecule has 1 aromatic heterocycles. The van der Waals surface area contributed by atoms with Crippen LogP contribution in [0.4, 0.5) is 20.4 Å². The summed E-state index contributed by atoms with van der Waals surface area (Å²) in [6.45, 7) is -0.817. The number of rotatable bonds is 6. The summed E-state index contributed by atoms with van der Waals surface area (Å²) in [5, 5.41) is 12.1. The zero-order valence-corrected chi connectivity index (χ0v) is 11.1. The van der Waals surface area contributed by atoms with Crippen molar-refractivity contribution < 1.29 is 13.9 Å². The van der Waals surface area contributed by atoms with Crippen molar-refractivity contribution in [2.75, 3.05) is 37.0 Å². The minimum atomic E-state index is -2.55. The fraction of sp³-hybridized carbons (Fsp3) is 0.500. The Morgan fingerprint density at radius 1 is 1.44 bits per heavy atom. The Hall–Kier alpha value is -0.850. The van der Waals surface area contributed by atoms with E-state index < -0.39 is 13.0 Å². The molecule has 2 N–H and O–H groups in total. The van der Waals surface area contributed by atoms with Gasteiger partial charge in [0.1, 0.15) is 11.6 Å². The predicted octanol–water partition coefficient (Wildman–Crippen LogP) is 2.49. The van der Waals surface area contributed by atoms with E-state index in [-0.39, 0.29) is 24.0 Å². The molecule has 0 aliphatic rings. The molecule has 0 fully saturated rings. The third kappa shape index (κ3) is 3.83. The summed E-state index contributed by atoms with van der Waals surface area (Å²) in [6.07, 6.45) is -2.55. The lowest BCUT2D eigenvalue weighted by atomic mass is 10.3. The highest BCUT2D eigenvalue weighted by molar-refractivity contribution is 6.37. The summed E-state index contributed by atoms with van der Waals surface area (Å²) in [5.74, 6) is 0.507. The Morgan fingerprint density at radius 3 is 2.61 bits per heavy atom. The van der Waals surface area contributed by atoms with Crippen LogP contribution < -0.4 is 10.2 Å². The van der Waals surface area contributed by atoms with Crippen LogP contribution in [-0.2, 0) is 0 Å². The van der Waals surface area contributed by atoms with Gasteiger partial charge in [0.05, 0.1) is 23.2 Å². The minimum Gasteiger partial charge on any atom is -0.395 e. The van der Waals surface area contributed by atoms with Gasteiger partial charge in [-0.25, -0.2) is 13.8 Å². The molecule has 0 aliphatic carbocycles. The highest BCUT2D eigenvalue weighted by Crippen LogP contribution is 2.31. The van der Waals surface area contributed by atoms with Crippen molar-refractivity contribution in [2.45, 2.75) is 6.43 Å². The fourth-order valence-corrected chi connectivity index (χ4v) is 2.00. The molecular formula is C10H13Cl2F2N3O. The quantitative estimate of drug-likeness (QED) is 0.847. The number of hydrogen-bond donors (Lipinski definition) is 2. The van der Waals surface area contributed by atoms with Gasteiger partial charge in [-0.1, -0.05) is 23.2 Å². The van der Waals surface area contributed by atoms with E-state index in [4.69, 9.17) is 28.3 Å². The van der Waals surface area contributed by atoms with E-state index in [2.05, 4.69) is 10.3 Å². The van der Waals surface area contributed by atoms with Crippen molar-refractivity contribution >= 4 is 34.8 Å². The molecule has 0 unspecified atom stereocenters. The summed E-state index contributed by atoms with van der Waals surface area (Å²) in [7, 11) is 1.61. The predicted molar refractivity (Wildman–Crippen MR) is 69.1 cm³/mol. The number of nitrogens with one attached hydrogen (secondary N) is 1. The summed E-state index contributed by atoms with van der Waals surface area (Å²) >= 11 is 11.8.